The molecule has 1 saturated carbocycles. The van der Waals surface area contributed by atoms with Gasteiger partial charge in [-0.25, -0.2) is 4.98 Å². The Morgan fingerprint density at radius 3 is 2.33 bits per heavy atom. The molecule has 2 heteroatoms. The van der Waals surface area contributed by atoms with Gasteiger partial charge >= 0.3 is 0 Å². The zero-order valence-corrected chi connectivity index (χ0v) is 18.4. The van der Waals surface area contributed by atoms with Crippen molar-refractivity contribution in [3.05, 3.63) is 120 Å². The van der Waals surface area contributed by atoms with Gasteiger partial charge in [-0.2, -0.15) is 0 Å². The summed E-state index contributed by atoms with van der Waals surface area (Å²) in [6, 6.07) is 35.0. The number of hydrogen-bond donors (Lipinski definition) is 0. The number of hydrogen-bond acceptors (Lipinski definition) is 1. The molecule has 5 aromatic rings. The number of benzene rings is 3. The first-order chi connectivity index (χ1) is 16.3. The summed E-state index contributed by atoms with van der Waals surface area (Å²) in [4.78, 5) is 4.73. The van der Waals surface area contributed by atoms with Crippen LogP contribution in [0.4, 0.5) is 0 Å². The van der Waals surface area contributed by atoms with Crippen LogP contribution in [-0.4, -0.2) is 9.55 Å². The van der Waals surface area contributed by atoms with Gasteiger partial charge in [-0.1, -0.05) is 73.2 Å². The van der Waals surface area contributed by atoms with Crippen molar-refractivity contribution in [1.29, 1.82) is 0 Å². The van der Waals surface area contributed by atoms with Crippen molar-refractivity contribution in [2.75, 3.05) is 0 Å². The van der Waals surface area contributed by atoms with Crippen LogP contribution in [0.5, 0.6) is 0 Å². The third kappa shape index (κ3) is 2.70. The molecule has 2 aliphatic rings. The molecule has 0 saturated heterocycles. The number of para-hydroxylation sites is 1. The zero-order chi connectivity index (χ0) is 21.8. The van der Waals surface area contributed by atoms with Gasteiger partial charge in [0.05, 0.1) is 11.2 Å². The third-order valence-corrected chi connectivity index (χ3v) is 7.56. The summed E-state index contributed by atoms with van der Waals surface area (Å²) >= 11 is 0. The Bertz CT molecular complexity index is 1520. The van der Waals surface area contributed by atoms with E-state index in [1.807, 2.05) is 12.3 Å². The highest BCUT2D eigenvalue weighted by atomic mass is 15.1. The van der Waals surface area contributed by atoms with Gasteiger partial charge in [0, 0.05) is 17.0 Å². The van der Waals surface area contributed by atoms with Crippen molar-refractivity contribution in [3.8, 4) is 16.9 Å². The van der Waals surface area contributed by atoms with Crippen LogP contribution in [0.2, 0.25) is 0 Å². The second kappa shape index (κ2) is 7.05. The zero-order valence-electron chi connectivity index (χ0n) is 18.4. The van der Waals surface area contributed by atoms with Crippen molar-refractivity contribution in [1.82, 2.24) is 9.55 Å². The predicted octanol–water partition coefficient (Wildman–Crippen LogP) is 7.67. The lowest BCUT2D eigenvalue weighted by Crippen LogP contribution is -2.34. The Labute approximate surface area is 193 Å². The fourth-order valence-corrected chi connectivity index (χ4v) is 5.82. The van der Waals surface area contributed by atoms with Crippen molar-refractivity contribution in [2.24, 2.45) is 0 Å². The third-order valence-electron chi connectivity index (χ3n) is 7.56. The lowest BCUT2D eigenvalue weighted by Gasteiger charge is -2.42. The molecule has 2 aliphatic carbocycles. The van der Waals surface area contributed by atoms with Crippen LogP contribution >= 0.6 is 0 Å². The molecule has 2 heterocycles. The monoisotopic (exact) mass is 424 g/mol. The van der Waals surface area contributed by atoms with E-state index in [0.29, 0.717) is 0 Å². The molecule has 3 aromatic carbocycles. The molecule has 2 aromatic heterocycles. The Morgan fingerprint density at radius 2 is 1.55 bits per heavy atom. The molecule has 1 spiro atoms. The molecule has 0 radical (unpaired) electrons. The fraction of sp³-hybridized carbons (Fsp3) is 0.129. The highest BCUT2D eigenvalue weighted by Gasteiger charge is 2.47. The van der Waals surface area contributed by atoms with Crippen LogP contribution in [0.25, 0.3) is 39.5 Å². The maximum Gasteiger partial charge on any atom is 0.137 e. The van der Waals surface area contributed by atoms with Crippen LogP contribution in [0.3, 0.4) is 0 Å². The van der Waals surface area contributed by atoms with Gasteiger partial charge in [0.15, 0.2) is 0 Å². The molecule has 0 N–H and O–H groups in total. The Hall–Kier alpha value is -3.91. The first-order valence-electron chi connectivity index (χ1n) is 11.8. The predicted molar refractivity (Wildman–Crippen MR) is 136 cm³/mol. The van der Waals surface area contributed by atoms with Crippen molar-refractivity contribution in [2.45, 2.75) is 24.7 Å². The van der Waals surface area contributed by atoms with E-state index >= 15 is 0 Å². The molecule has 7 rings (SSSR count). The standard InChI is InChI=1S/C31H24N2/c1-2-9-22(10-3-1)23-14-15-24-20-27(31(16-8-17-31)26(24)19-23)29-21-25-11-4-5-12-28(25)33(29)30-13-6-7-18-32-30/h1-7,9-15,18-21H,8,16-17H2. The number of rotatable bonds is 3. The van der Waals surface area contributed by atoms with Crippen LogP contribution in [-0.2, 0) is 5.41 Å². The summed E-state index contributed by atoms with van der Waals surface area (Å²) in [5.74, 6) is 0.977. The van der Waals surface area contributed by atoms with E-state index in [4.69, 9.17) is 4.98 Å². The summed E-state index contributed by atoms with van der Waals surface area (Å²) in [5.41, 5.74) is 9.46. The molecular weight excluding hydrogens is 400 g/mol. The summed E-state index contributed by atoms with van der Waals surface area (Å²) in [6.45, 7) is 0. The van der Waals surface area contributed by atoms with Crippen molar-refractivity contribution in [3.63, 3.8) is 0 Å². The fourth-order valence-electron chi connectivity index (χ4n) is 5.82. The average molecular weight is 425 g/mol. The van der Waals surface area contributed by atoms with E-state index in [0.717, 1.165) is 5.82 Å². The molecule has 0 unspecified atom stereocenters. The van der Waals surface area contributed by atoms with E-state index in [9.17, 15) is 0 Å². The lowest BCUT2D eigenvalue weighted by molar-refractivity contribution is 0.331. The Kier molecular flexibility index (Phi) is 3.98. The highest BCUT2D eigenvalue weighted by Crippen LogP contribution is 2.59. The molecule has 1 fully saturated rings. The normalized spacial score (nSPS) is 15.9. The number of aromatic nitrogens is 2. The minimum atomic E-state index is 0.0982. The summed E-state index contributed by atoms with van der Waals surface area (Å²) < 4.78 is 2.35. The highest BCUT2D eigenvalue weighted by molar-refractivity contribution is 5.99. The number of fused-ring (bicyclic) bond motifs is 3. The van der Waals surface area contributed by atoms with E-state index in [1.165, 1.54) is 63.7 Å². The average Bonchev–Trinajstić information content (AvgIpc) is 3.40. The van der Waals surface area contributed by atoms with Gasteiger partial charge < -0.3 is 0 Å². The first kappa shape index (κ1) is 18.6. The Morgan fingerprint density at radius 1 is 0.727 bits per heavy atom. The summed E-state index contributed by atoms with van der Waals surface area (Å²) in [6.07, 6.45) is 8.01. The lowest BCUT2D eigenvalue weighted by atomic mass is 9.61. The van der Waals surface area contributed by atoms with E-state index < -0.39 is 0 Å². The number of nitrogens with zero attached hydrogens (tertiary/aromatic N) is 2. The second-order valence-electron chi connectivity index (χ2n) is 9.27. The van der Waals surface area contributed by atoms with Crippen LogP contribution in [0, 0.1) is 0 Å². The number of allylic oxidation sites excluding steroid dienone is 1. The molecule has 0 bridgehead atoms. The number of pyridine rings is 1. The van der Waals surface area contributed by atoms with Gasteiger partial charge in [-0.3, -0.25) is 4.57 Å². The van der Waals surface area contributed by atoms with Gasteiger partial charge in [-0.05, 0) is 77.1 Å². The largest absolute Gasteiger partial charge is 0.294 e. The minimum absolute atomic E-state index is 0.0982. The maximum absolute atomic E-state index is 4.73. The van der Waals surface area contributed by atoms with Crippen LogP contribution in [0.1, 0.15) is 36.1 Å². The van der Waals surface area contributed by atoms with Crippen molar-refractivity contribution >= 4 is 22.6 Å². The molecule has 158 valence electrons. The quantitative estimate of drug-likeness (QED) is 0.290. The maximum atomic E-state index is 4.73. The minimum Gasteiger partial charge on any atom is -0.294 e. The van der Waals surface area contributed by atoms with Gasteiger partial charge in [0.2, 0.25) is 0 Å². The van der Waals surface area contributed by atoms with Gasteiger partial charge in [0.1, 0.15) is 5.82 Å². The molecule has 0 atom stereocenters. The van der Waals surface area contributed by atoms with Gasteiger partial charge in [0.25, 0.3) is 0 Å². The molecule has 2 nitrogen and oxygen atoms in total. The van der Waals surface area contributed by atoms with E-state index in [1.54, 1.807) is 0 Å². The summed E-state index contributed by atoms with van der Waals surface area (Å²) in [5, 5.41) is 1.26. The van der Waals surface area contributed by atoms with Crippen LogP contribution < -0.4 is 0 Å². The second-order valence-corrected chi connectivity index (χ2v) is 9.27. The molecule has 0 amide bonds. The SMILES string of the molecule is C1=C(c2cc3ccccc3n2-c2ccccn2)C2(CCC2)c2cc(-c3ccccc3)ccc21. The Balaban J connectivity index is 1.44. The molecular formula is C31H24N2. The molecule has 0 aliphatic heterocycles. The van der Waals surface area contributed by atoms with Crippen molar-refractivity contribution < 1.29 is 0 Å². The topological polar surface area (TPSA) is 17.8 Å². The van der Waals surface area contributed by atoms with E-state index in [2.05, 4.69) is 102 Å². The summed E-state index contributed by atoms with van der Waals surface area (Å²) in [7, 11) is 0. The molecule has 33 heavy (non-hydrogen) atoms. The first-order valence-corrected chi connectivity index (χ1v) is 11.8. The van der Waals surface area contributed by atoms with Gasteiger partial charge in [-0.15, -0.1) is 0 Å². The smallest absolute Gasteiger partial charge is 0.137 e. The van der Waals surface area contributed by atoms with Crippen LogP contribution in [0.15, 0.2) is 103 Å². The van der Waals surface area contributed by atoms with E-state index in [-0.39, 0.29) is 5.41 Å².